The Kier molecular flexibility index (Phi) is 4.09. The standard InChI is InChI=1S/C13H12FIN2/c14-12-7-2-1-6-11(12)13(17-16)9-4-3-5-10(15)8-9/h1-8,13,17H,16H2. The minimum absolute atomic E-state index is 0.255. The zero-order chi connectivity index (χ0) is 12.3. The summed E-state index contributed by atoms with van der Waals surface area (Å²) in [5.74, 6) is 5.28. The van der Waals surface area contributed by atoms with E-state index in [-0.39, 0.29) is 11.9 Å². The van der Waals surface area contributed by atoms with Crippen molar-refractivity contribution in [3.8, 4) is 0 Å². The van der Waals surface area contributed by atoms with Crippen molar-refractivity contribution in [2.45, 2.75) is 6.04 Å². The fourth-order valence-corrected chi connectivity index (χ4v) is 2.33. The molecule has 0 aliphatic rings. The predicted molar refractivity (Wildman–Crippen MR) is 74.7 cm³/mol. The van der Waals surface area contributed by atoms with Gasteiger partial charge in [0.05, 0.1) is 6.04 Å². The molecule has 88 valence electrons. The molecule has 2 nitrogen and oxygen atoms in total. The SMILES string of the molecule is NNC(c1cccc(I)c1)c1ccccc1F. The Bertz CT molecular complexity index is 516. The summed E-state index contributed by atoms with van der Waals surface area (Å²) >= 11 is 2.22. The van der Waals surface area contributed by atoms with Crippen molar-refractivity contribution in [1.29, 1.82) is 0 Å². The lowest BCUT2D eigenvalue weighted by molar-refractivity contribution is 0.560. The third-order valence-corrected chi connectivity index (χ3v) is 3.24. The Hall–Kier alpha value is -0.980. The molecule has 1 unspecified atom stereocenters. The van der Waals surface area contributed by atoms with Crippen molar-refractivity contribution in [1.82, 2.24) is 5.43 Å². The van der Waals surface area contributed by atoms with Crippen LogP contribution in [0.4, 0.5) is 4.39 Å². The molecule has 0 aliphatic heterocycles. The van der Waals surface area contributed by atoms with E-state index < -0.39 is 0 Å². The van der Waals surface area contributed by atoms with Crippen LogP contribution in [-0.2, 0) is 0 Å². The van der Waals surface area contributed by atoms with Crippen LogP contribution in [0.1, 0.15) is 17.2 Å². The normalized spacial score (nSPS) is 12.4. The van der Waals surface area contributed by atoms with Gasteiger partial charge in [-0.05, 0) is 46.4 Å². The molecule has 0 aromatic heterocycles. The number of benzene rings is 2. The summed E-state index contributed by atoms with van der Waals surface area (Å²) in [7, 11) is 0. The summed E-state index contributed by atoms with van der Waals surface area (Å²) in [4.78, 5) is 0. The van der Waals surface area contributed by atoms with Crippen LogP contribution in [0, 0.1) is 9.39 Å². The molecule has 17 heavy (non-hydrogen) atoms. The first kappa shape index (κ1) is 12.5. The molecular weight excluding hydrogens is 330 g/mol. The molecule has 0 spiro atoms. The van der Waals surface area contributed by atoms with E-state index >= 15 is 0 Å². The highest BCUT2D eigenvalue weighted by Crippen LogP contribution is 2.24. The van der Waals surface area contributed by atoms with Gasteiger partial charge in [0.25, 0.3) is 0 Å². The van der Waals surface area contributed by atoms with E-state index in [2.05, 4.69) is 28.0 Å². The first-order valence-corrected chi connectivity index (χ1v) is 6.26. The Balaban J connectivity index is 2.44. The lowest BCUT2D eigenvalue weighted by atomic mass is 9.99. The van der Waals surface area contributed by atoms with E-state index in [1.807, 2.05) is 24.3 Å². The molecule has 0 saturated heterocycles. The molecule has 0 amide bonds. The fourth-order valence-electron chi connectivity index (χ4n) is 1.76. The summed E-state index contributed by atoms with van der Waals surface area (Å²) in [6.45, 7) is 0. The van der Waals surface area contributed by atoms with Crippen molar-refractivity contribution in [3.05, 3.63) is 69.0 Å². The van der Waals surface area contributed by atoms with Gasteiger partial charge in [-0.15, -0.1) is 0 Å². The van der Waals surface area contributed by atoms with Crippen LogP contribution in [0.25, 0.3) is 0 Å². The number of hydrogen-bond acceptors (Lipinski definition) is 2. The zero-order valence-corrected chi connectivity index (χ0v) is 11.2. The van der Waals surface area contributed by atoms with Crippen LogP contribution in [0.15, 0.2) is 48.5 Å². The fraction of sp³-hybridized carbons (Fsp3) is 0.0769. The van der Waals surface area contributed by atoms with E-state index in [0.717, 1.165) is 9.13 Å². The Morgan fingerprint density at radius 3 is 2.53 bits per heavy atom. The van der Waals surface area contributed by atoms with Crippen molar-refractivity contribution < 1.29 is 4.39 Å². The van der Waals surface area contributed by atoms with E-state index in [1.165, 1.54) is 6.07 Å². The first-order chi connectivity index (χ1) is 8.22. The largest absolute Gasteiger partial charge is 0.271 e. The van der Waals surface area contributed by atoms with Gasteiger partial charge in [0.2, 0.25) is 0 Å². The minimum atomic E-state index is -0.328. The third-order valence-electron chi connectivity index (χ3n) is 2.56. The summed E-state index contributed by atoms with van der Waals surface area (Å²) in [5.41, 5.74) is 4.16. The van der Waals surface area contributed by atoms with Crippen LogP contribution in [-0.4, -0.2) is 0 Å². The van der Waals surface area contributed by atoms with Gasteiger partial charge in [-0.25, -0.2) is 9.82 Å². The van der Waals surface area contributed by atoms with Crippen LogP contribution in [0.3, 0.4) is 0 Å². The number of hydrazine groups is 1. The van der Waals surface area contributed by atoms with Gasteiger partial charge >= 0.3 is 0 Å². The highest BCUT2D eigenvalue weighted by Gasteiger charge is 2.15. The molecule has 2 rings (SSSR count). The lowest BCUT2D eigenvalue weighted by Gasteiger charge is -2.17. The van der Waals surface area contributed by atoms with Crippen molar-refractivity contribution in [3.63, 3.8) is 0 Å². The quantitative estimate of drug-likeness (QED) is 0.511. The third kappa shape index (κ3) is 2.83. The molecule has 4 heteroatoms. The number of nitrogens with two attached hydrogens (primary N) is 1. The maximum Gasteiger partial charge on any atom is 0.128 e. The Labute approximate surface area is 113 Å². The monoisotopic (exact) mass is 342 g/mol. The molecule has 2 aromatic rings. The van der Waals surface area contributed by atoms with Gasteiger partial charge in [-0.1, -0.05) is 30.3 Å². The number of hydrogen-bond donors (Lipinski definition) is 2. The minimum Gasteiger partial charge on any atom is -0.271 e. The smallest absolute Gasteiger partial charge is 0.128 e. The van der Waals surface area contributed by atoms with Gasteiger partial charge in [0.1, 0.15) is 5.82 Å². The maximum absolute atomic E-state index is 13.7. The second-order valence-electron chi connectivity index (χ2n) is 3.68. The number of nitrogens with one attached hydrogen (secondary N) is 1. The second kappa shape index (κ2) is 5.57. The molecule has 0 saturated carbocycles. The van der Waals surface area contributed by atoms with Gasteiger partial charge in [0, 0.05) is 9.13 Å². The Morgan fingerprint density at radius 2 is 1.88 bits per heavy atom. The van der Waals surface area contributed by atoms with E-state index in [4.69, 9.17) is 5.84 Å². The van der Waals surface area contributed by atoms with Gasteiger partial charge < -0.3 is 0 Å². The van der Waals surface area contributed by atoms with Crippen molar-refractivity contribution in [2.24, 2.45) is 5.84 Å². The average Bonchev–Trinajstić information content (AvgIpc) is 2.33. The molecular formula is C13H12FIN2. The van der Waals surface area contributed by atoms with Gasteiger partial charge in [0.15, 0.2) is 0 Å². The van der Waals surface area contributed by atoms with Gasteiger partial charge in [-0.2, -0.15) is 0 Å². The maximum atomic E-state index is 13.7. The first-order valence-electron chi connectivity index (χ1n) is 5.18. The van der Waals surface area contributed by atoms with E-state index in [0.29, 0.717) is 5.56 Å². The van der Waals surface area contributed by atoms with Crippen LogP contribution in [0.5, 0.6) is 0 Å². The zero-order valence-electron chi connectivity index (χ0n) is 9.03. The number of rotatable bonds is 3. The molecule has 0 bridgehead atoms. The van der Waals surface area contributed by atoms with E-state index in [1.54, 1.807) is 18.2 Å². The summed E-state index contributed by atoms with van der Waals surface area (Å²) in [6.07, 6.45) is 0. The summed E-state index contributed by atoms with van der Waals surface area (Å²) < 4.78 is 14.8. The topological polar surface area (TPSA) is 38.0 Å². The average molecular weight is 342 g/mol. The second-order valence-corrected chi connectivity index (χ2v) is 4.92. The van der Waals surface area contributed by atoms with Crippen LogP contribution in [0.2, 0.25) is 0 Å². The highest BCUT2D eigenvalue weighted by atomic mass is 127. The molecule has 0 radical (unpaired) electrons. The van der Waals surface area contributed by atoms with Crippen molar-refractivity contribution in [2.75, 3.05) is 0 Å². The Morgan fingerprint density at radius 1 is 1.12 bits per heavy atom. The predicted octanol–water partition coefficient (Wildman–Crippen LogP) is 2.98. The van der Waals surface area contributed by atoms with Crippen LogP contribution < -0.4 is 11.3 Å². The van der Waals surface area contributed by atoms with Crippen molar-refractivity contribution >= 4 is 22.6 Å². The highest BCUT2D eigenvalue weighted by molar-refractivity contribution is 14.1. The summed E-state index contributed by atoms with van der Waals surface area (Å²) in [6, 6.07) is 14.1. The van der Waals surface area contributed by atoms with Gasteiger partial charge in [-0.3, -0.25) is 5.84 Å². The number of halogens is 2. The molecule has 2 aromatic carbocycles. The molecule has 0 heterocycles. The molecule has 3 N–H and O–H groups in total. The molecule has 0 aliphatic carbocycles. The lowest BCUT2D eigenvalue weighted by Crippen LogP contribution is -2.29. The van der Waals surface area contributed by atoms with Crippen LogP contribution >= 0.6 is 22.6 Å². The molecule has 1 atom stereocenters. The van der Waals surface area contributed by atoms with E-state index in [9.17, 15) is 4.39 Å². The summed E-state index contributed by atoms with van der Waals surface area (Å²) in [5, 5.41) is 0. The molecule has 0 fully saturated rings.